The van der Waals surface area contributed by atoms with E-state index in [0.717, 1.165) is 6.42 Å². The lowest BCUT2D eigenvalue weighted by Gasteiger charge is -2.34. The second-order valence-electron chi connectivity index (χ2n) is 6.58. The Bertz CT molecular complexity index is 479. The van der Waals surface area contributed by atoms with Gasteiger partial charge in [0.05, 0.1) is 0 Å². The molecule has 0 radical (unpaired) electrons. The highest BCUT2D eigenvalue weighted by Gasteiger charge is 2.27. The first-order valence-corrected chi connectivity index (χ1v) is 6.56. The SMILES string of the molecule is CC(C)(C)CC(C)(C)Nc1nc(Cl)ccc1C(=O)O. The molecular weight excluding hydrogens is 264 g/mol. The van der Waals surface area contributed by atoms with Crippen molar-refractivity contribution in [3.63, 3.8) is 0 Å². The maximum Gasteiger partial charge on any atom is 0.339 e. The monoisotopic (exact) mass is 284 g/mol. The lowest BCUT2D eigenvalue weighted by Crippen LogP contribution is -2.36. The molecule has 0 unspecified atom stereocenters. The highest BCUT2D eigenvalue weighted by molar-refractivity contribution is 6.29. The van der Waals surface area contributed by atoms with Gasteiger partial charge in [-0.15, -0.1) is 0 Å². The van der Waals surface area contributed by atoms with E-state index >= 15 is 0 Å². The molecular formula is C14H21ClN2O2. The standard InChI is InChI=1S/C14H21ClN2O2/c1-13(2,3)8-14(4,5)17-11-9(12(18)19)6-7-10(15)16-11/h6-7H,8H2,1-5H3,(H,16,17)(H,18,19). The van der Waals surface area contributed by atoms with Crippen molar-refractivity contribution in [2.45, 2.75) is 46.6 Å². The summed E-state index contributed by atoms with van der Waals surface area (Å²) in [7, 11) is 0. The summed E-state index contributed by atoms with van der Waals surface area (Å²) in [5.41, 5.74) is -0.0233. The van der Waals surface area contributed by atoms with Crippen LogP contribution in [0.4, 0.5) is 5.82 Å². The second kappa shape index (κ2) is 5.37. The van der Waals surface area contributed by atoms with Crippen molar-refractivity contribution in [1.82, 2.24) is 4.98 Å². The van der Waals surface area contributed by atoms with E-state index in [2.05, 4.69) is 31.1 Å². The highest BCUT2D eigenvalue weighted by atomic mass is 35.5. The van der Waals surface area contributed by atoms with Crippen LogP contribution >= 0.6 is 11.6 Å². The number of hydrogen-bond donors (Lipinski definition) is 2. The van der Waals surface area contributed by atoms with Gasteiger partial charge in [-0.3, -0.25) is 0 Å². The zero-order valence-corrected chi connectivity index (χ0v) is 12.8. The molecule has 0 aromatic carbocycles. The summed E-state index contributed by atoms with van der Waals surface area (Å²) in [5.74, 6) is -0.701. The van der Waals surface area contributed by atoms with Gasteiger partial charge in [0.1, 0.15) is 16.5 Å². The van der Waals surface area contributed by atoms with E-state index in [1.807, 2.05) is 13.8 Å². The Kier molecular flexibility index (Phi) is 4.46. The number of carboxylic acids is 1. The summed E-state index contributed by atoms with van der Waals surface area (Å²) in [6, 6.07) is 2.94. The van der Waals surface area contributed by atoms with Crippen LogP contribution in [0.5, 0.6) is 0 Å². The van der Waals surface area contributed by atoms with E-state index in [-0.39, 0.29) is 21.7 Å². The predicted molar refractivity (Wildman–Crippen MR) is 78.0 cm³/mol. The van der Waals surface area contributed by atoms with E-state index in [1.54, 1.807) is 0 Å². The topological polar surface area (TPSA) is 62.2 Å². The highest BCUT2D eigenvalue weighted by Crippen LogP contribution is 2.30. The van der Waals surface area contributed by atoms with Crippen molar-refractivity contribution < 1.29 is 9.90 Å². The van der Waals surface area contributed by atoms with E-state index in [1.165, 1.54) is 12.1 Å². The number of hydrogen-bond acceptors (Lipinski definition) is 3. The number of halogens is 1. The average molecular weight is 285 g/mol. The number of carbonyl (C=O) groups is 1. The van der Waals surface area contributed by atoms with E-state index in [0.29, 0.717) is 5.82 Å². The molecule has 0 aliphatic carbocycles. The summed E-state index contributed by atoms with van der Waals surface area (Å²) in [6.45, 7) is 10.5. The second-order valence-corrected chi connectivity index (χ2v) is 6.97. The van der Waals surface area contributed by atoms with E-state index in [9.17, 15) is 4.79 Å². The zero-order chi connectivity index (χ0) is 14.8. The number of carboxylic acid groups (broad SMARTS) is 1. The number of nitrogens with zero attached hydrogens (tertiary/aromatic N) is 1. The van der Waals surface area contributed by atoms with Crippen LogP contribution in [0, 0.1) is 5.41 Å². The molecule has 1 heterocycles. The molecule has 0 aliphatic heterocycles. The van der Waals surface area contributed by atoms with Gasteiger partial charge in [0.15, 0.2) is 0 Å². The molecule has 0 aliphatic rings. The molecule has 4 nitrogen and oxygen atoms in total. The van der Waals surface area contributed by atoms with Gasteiger partial charge >= 0.3 is 5.97 Å². The first kappa shape index (κ1) is 15.8. The molecule has 1 aromatic rings. The smallest absolute Gasteiger partial charge is 0.339 e. The maximum atomic E-state index is 11.2. The fraction of sp³-hybridized carbons (Fsp3) is 0.571. The number of anilines is 1. The molecule has 1 rings (SSSR count). The van der Waals surface area contributed by atoms with Gasteiger partial charge in [-0.2, -0.15) is 0 Å². The Labute approximate surface area is 119 Å². The van der Waals surface area contributed by atoms with Crippen LogP contribution in [0.1, 0.15) is 51.4 Å². The average Bonchev–Trinajstić information content (AvgIpc) is 2.11. The Morgan fingerprint density at radius 1 is 1.32 bits per heavy atom. The number of aromatic nitrogens is 1. The number of aromatic carboxylic acids is 1. The van der Waals surface area contributed by atoms with Crippen LogP contribution < -0.4 is 5.32 Å². The van der Waals surface area contributed by atoms with Gasteiger partial charge < -0.3 is 10.4 Å². The molecule has 5 heteroatoms. The summed E-state index contributed by atoms with van der Waals surface area (Å²) in [5, 5.41) is 12.6. The van der Waals surface area contributed by atoms with E-state index in [4.69, 9.17) is 16.7 Å². The zero-order valence-electron chi connectivity index (χ0n) is 12.0. The third kappa shape index (κ3) is 5.07. The first-order valence-electron chi connectivity index (χ1n) is 6.18. The Hall–Kier alpha value is -1.29. The summed E-state index contributed by atoms with van der Waals surface area (Å²) in [4.78, 5) is 15.3. The minimum atomic E-state index is -1.02. The lowest BCUT2D eigenvalue weighted by molar-refractivity contribution is 0.0697. The van der Waals surface area contributed by atoms with Crippen LogP contribution in [0.15, 0.2) is 12.1 Å². The molecule has 0 fully saturated rings. The van der Waals surface area contributed by atoms with Crippen molar-refractivity contribution in [1.29, 1.82) is 0 Å². The van der Waals surface area contributed by atoms with Crippen molar-refractivity contribution in [3.05, 3.63) is 22.8 Å². The summed E-state index contributed by atoms with van der Waals surface area (Å²) in [6.07, 6.45) is 0.868. The molecule has 0 bridgehead atoms. The van der Waals surface area contributed by atoms with Gasteiger partial charge in [-0.25, -0.2) is 9.78 Å². The lowest BCUT2D eigenvalue weighted by atomic mass is 9.82. The third-order valence-corrected chi connectivity index (χ3v) is 2.73. The number of rotatable bonds is 4. The van der Waals surface area contributed by atoms with Crippen LogP contribution in [0.2, 0.25) is 5.15 Å². The van der Waals surface area contributed by atoms with Gasteiger partial charge in [-0.05, 0) is 37.8 Å². The first-order chi connectivity index (χ1) is 8.50. The molecule has 2 N–H and O–H groups in total. The Morgan fingerprint density at radius 2 is 1.89 bits per heavy atom. The van der Waals surface area contributed by atoms with Gasteiger partial charge in [0.2, 0.25) is 0 Å². The number of nitrogens with one attached hydrogen (secondary N) is 1. The van der Waals surface area contributed by atoms with Gasteiger partial charge in [0, 0.05) is 5.54 Å². The molecule has 106 valence electrons. The van der Waals surface area contributed by atoms with Crippen LogP contribution in [-0.2, 0) is 0 Å². The summed E-state index contributed by atoms with van der Waals surface area (Å²) >= 11 is 5.84. The third-order valence-electron chi connectivity index (χ3n) is 2.52. The van der Waals surface area contributed by atoms with Crippen LogP contribution in [0.25, 0.3) is 0 Å². The molecule has 1 aromatic heterocycles. The van der Waals surface area contributed by atoms with Crippen LogP contribution in [0.3, 0.4) is 0 Å². The summed E-state index contributed by atoms with van der Waals surface area (Å²) < 4.78 is 0. The Balaban J connectivity index is 3.04. The molecule has 0 amide bonds. The predicted octanol–water partition coefficient (Wildman–Crippen LogP) is 4.06. The fourth-order valence-electron chi connectivity index (χ4n) is 2.39. The van der Waals surface area contributed by atoms with Crippen molar-refractivity contribution in [2.24, 2.45) is 5.41 Å². The van der Waals surface area contributed by atoms with Crippen molar-refractivity contribution >= 4 is 23.4 Å². The molecule has 0 saturated carbocycles. The minimum Gasteiger partial charge on any atom is -0.478 e. The fourth-order valence-corrected chi connectivity index (χ4v) is 2.54. The van der Waals surface area contributed by atoms with Crippen molar-refractivity contribution in [3.8, 4) is 0 Å². The number of pyridine rings is 1. The normalized spacial score (nSPS) is 12.3. The largest absolute Gasteiger partial charge is 0.478 e. The maximum absolute atomic E-state index is 11.2. The van der Waals surface area contributed by atoms with E-state index < -0.39 is 5.97 Å². The van der Waals surface area contributed by atoms with Gasteiger partial charge in [-0.1, -0.05) is 32.4 Å². The van der Waals surface area contributed by atoms with Crippen molar-refractivity contribution in [2.75, 3.05) is 5.32 Å². The molecule has 19 heavy (non-hydrogen) atoms. The molecule has 0 saturated heterocycles. The Morgan fingerprint density at radius 3 is 2.37 bits per heavy atom. The molecule has 0 spiro atoms. The van der Waals surface area contributed by atoms with Crippen LogP contribution in [-0.4, -0.2) is 21.6 Å². The molecule has 0 atom stereocenters. The minimum absolute atomic E-state index is 0.123. The quantitative estimate of drug-likeness (QED) is 0.819. The van der Waals surface area contributed by atoms with Gasteiger partial charge in [0.25, 0.3) is 0 Å².